The smallest absolute Gasteiger partial charge is 0.341 e. The van der Waals surface area contributed by atoms with E-state index in [0.717, 1.165) is 33.5 Å². The number of hydrogen-bond donors (Lipinski definition) is 1. The molecule has 2 aromatic rings. The number of halogens is 1. The first-order chi connectivity index (χ1) is 14.7. The Kier molecular flexibility index (Phi) is 7.25. The third-order valence-electron chi connectivity index (χ3n) is 4.39. The molecule has 1 saturated heterocycles. The van der Waals surface area contributed by atoms with Gasteiger partial charge in [0.15, 0.2) is 6.61 Å². The van der Waals surface area contributed by atoms with E-state index in [1.807, 2.05) is 32.0 Å². The maximum absolute atomic E-state index is 12.7. The van der Waals surface area contributed by atoms with Gasteiger partial charge in [0.25, 0.3) is 11.1 Å². The molecule has 0 bridgehead atoms. The Labute approximate surface area is 188 Å². The van der Waals surface area contributed by atoms with E-state index in [1.54, 1.807) is 12.1 Å². The number of carbonyl (C=O) groups is 3. The molecular formula is C22H20ClNO6S. The molecule has 7 nitrogen and oxygen atoms in total. The van der Waals surface area contributed by atoms with Crippen molar-refractivity contribution in [3.8, 4) is 11.5 Å². The van der Waals surface area contributed by atoms with Crippen LogP contribution < -0.4 is 9.47 Å². The van der Waals surface area contributed by atoms with Crippen LogP contribution in [0.4, 0.5) is 4.79 Å². The fraction of sp³-hybridized carbons (Fsp3) is 0.227. The van der Waals surface area contributed by atoms with Crippen molar-refractivity contribution < 1.29 is 29.0 Å². The zero-order chi connectivity index (χ0) is 22.5. The van der Waals surface area contributed by atoms with Gasteiger partial charge in [0.05, 0.1) is 16.5 Å². The van der Waals surface area contributed by atoms with Gasteiger partial charge < -0.3 is 14.6 Å². The van der Waals surface area contributed by atoms with Crippen molar-refractivity contribution in [3.05, 3.63) is 63.0 Å². The Morgan fingerprint density at radius 3 is 2.61 bits per heavy atom. The number of carboxylic acid groups (broad SMARTS) is 1. The minimum absolute atomic E-state index is 0.137. The van der Waals surface area contributed by atoms with Gasteiger partial charge in [0.2, 0.25) is 0 Å². The molecule has 31 heavy (non-hydrogen) atoms. The van der Waals surface area contributed by atoms with Crippen LogP contribution in [-0.4, -0.2) is 46.9 Å². The average Bonchev–Trinajstić information content (AvgIpc) is 2.97. The summed E-state index contributed by atoms with van der Waals surface area (Å²) in [6.45, 7) is 3.71. The monoisotopic (exact) mass is 461 g/mol. The van der Waals surface area contributed by atoms with Gasteiger partial charge >= 0.3 is 5.97 Å². The number of benzene rings is 2. The third-order valence-corrected chi connectivity index (χ3v) is 5.60. The Hall–Kier alpha value is -2.97. The van der Waals surface area contributed by atoms with Crippen LogP contribution in [0.25, 0.3) is 6.08 Å². The molecule has 0 unspecified atom stereocenters. The maximum Gasteiger partial charge on any atom is 0.341 e. The highest BCUT2D eigenvalue weighted by Crippen LogP contribution is 2.33. The Morgan fingerprint density at radius 2 is 1.90 bits per heavy atom. The quantitative estimate of drug-likeness (QED) is 0.577. The number of carbonyl (C=O) groups excluding carboxylic acids is 2. The molecule has 0 atom stereocenters. The van der Waals surface area contributed by atoms with Gasteiger partial charge in [-0.2, -0.15) is 0 Å². The number of nitrogens with zero attached hydrogens (tertiary/aromatic N) is 1. The fourth-order valence-corrected chi connectivity index (χ4v) is 3.93. The molecule has 1 fully saturated rings. The molecule has 0 aliphatic carbocycles. The van der Waals surface area contributed by atoms with Crippen LogP contribution in [0.15, 0.2) is 41.3 Å². The lowest BCUT2D eigenvalue weighted by Gasteiger charge is -2.14. The van der Waals surface area contributed by atoms with E-state index in [4.69, 9.17) is 26.2 Å². The number of imide groups is 1. The van der Waals surface area contributed by atoms with Crippen LogP contribution in [0.1, 0.15) is 16.7 Å². The lowest BCUT2D eigenvalue weighted by molar-refractivity contribution is -0.139. The van der Waals surface area contributed by atoms with Crippen LogP contribution >= 0.6 is 23.4 Å². The predicted molar refractivity (Wildman–Crippen MR) is 119 cm³/mol. The minimum Gasteiger partial charge on any atom is -0.491 e. The topological polar surface area (TPSA) is 93.1 Å². The van der Waals surface area contributed by atoms with E-state index in [9.17, 15) is 14.4 Å². The Bertz CT molecular complexity index is 1070. The first-order valence-corrected chi connectivity index (χ1v) is 10.5. The second kappa shape index (κ2) is 9.89. The van der Waals surface area contributed by atoms with E-state index in [-0.39, 0.29) is 34.1 Å². The first-order valence-electron chi connectivity index (χ1n) is 9.34. The second-order valence-corrected chi connectivity index (χ2v) is 8.22. The fourth-order valence-electron chi connectivity index (χ4n) is 2.82. The van der Waals surface area contributed by atoms with Gasteiger partial charge in [-0.3, -0.25) is 14.5 Å². The van der Waals surface area contributed by atoms with E-state index in [1.165, 1.54) is 12.1 Å². The van der Waals surface area contributed by atoms with E-state index in [0.29, 0.717) is 5.56 Å². The van der Waals surface area contributed by atoms with Crippen molar-refractivity contribution in [2.45, 2.75) is 13.8 Å². The van der Waals surface area contributed by atoms with Crippen LogP contribution in [0.2, 0.25) is 5.02 Å². The van der Waals surface area contributed by atoms with Gasteiger partial charge in [-0.05, 0) is 66.6 Å². The van der Waals surface area contributed by atoms with E-state index in [2.05, 4.69) is 0 Å². The van der Waals surface area contributed by atoms with Crippen LogP contribution in [0.3, 0.4) is 0 Å². The SMILES string of the molecule is Cc1ccc(C)c(OCCN2C(=O)S/C(=C\c3ccc(OCC(=O)O)c(Cl)c3)C2=O)c1. The summed E-state index contributed by atoms with van der Waals surface area (Å²) in [5.74, 6) is -0.572. The van der Waals surface area contributed by atoms with Crippen molar-refractivity contribution in [2.75, 3.05) is 19.8 Å². The molecule has 0 radical (unpaired) electrons. The molecule has 1 aliphatic heterocycles. The number of ether oxygens (including phenoxy) is 2. The molecular weight excluding hydrogens is 442 g/mol. The van der Waals surface area contributed by atoms with Crippen molar-refractivity contribution in [1.29, 1.82) is 0 Å². The lowest BCUT2D eigenvalue weighted by atomic mass is 10.1. The highest BCUT2D eigenvalue weighted by atomic mass is 35.5. The number of carboxylic acids is 1. The van der Waals surface area contributed by atoms with Gasteiger partial charge in [-0.15, -0.1) is 0 Å². The van der Waals surface area contributed by atoms with Gasteiger partial charge in [-0.1, -0.05) is 29.8 Å². The highest BCUT2D eigenvalue weighted by molar-refractivity contribution is 8.18. The molecule has 0 saturated carbocycles. The summed E-state index contributed by atoms with van der Waals surface area (Å²) in [7, 11) is 0. The number of thioether (sulfide) groups is 1. The third kappa shape index (κ3) is 5.80. The molecule has 1 heterocycles. The maximum atomic E-state index is 12.7. The molecule has 0 spiro atoms. The van der Waals surface area contributed by atoms with E-state index < -0.39 is 18.5 Å². The zero-order valence-electron chi connectivity index (χ0n) is 16.9. The molecule has 2 amide bonds. The van der Waals surface area contributed by atoms with Crippen molar-refractivity contribution in [2.24, 2.45) is 0 Å². The summed E-state index contributed by atoms with van der Waals surface area (Å²) >= 11 is 6.95. The number of aryl methyl sites for hydroxylation is 2. The summed E-state index contributed by atoms with van der Waals surface area (Å²) in [5.41, 5.74) is 2.63. The molecule has 1 N–H and O–H groups in total. The Morgan fingerprint density at radius 1 is 1.13 bits per heavy atom. The largest absolute Gasteiger partial charge is 0.491 e. The second-order valence-electron chi connectivity index (χ2n) is 6.82. The van der Waals surface area contributed by atoms with E-state index >= 15 is 0 Å². The minimum atomic E-state index is -1.12. The van der Waals surface area contributed by atoms with Crippen molar-refractivity contribution in [1.82, 2.24) is 4.90 Å². The van der Waals surface area contributed by atoms with Gasteiger partial charge in [0.1, 0.15) is 18.1 Å². The number of aliphatic carboxylic acids is 1. The van der Waals surface area contributed by atoms with Crippen molar-refractivity contribution >= 4 is 46.6 Å². The van der Waals surface area contributed by atoms with Crippen LogP contribution in [0, 0.1) is 13.8 Å². The Balaban J connectivity index is 1.64. The molecule has 1 aliphatic rings. The number of rotatable bonds is 8. The summed E-state index contributed by atoms with van der Waals surface area (Å²) in [6, 6.07) is 10.5. The number of hydrogen-bond acceptors (Lipinski definition) is 6. The average molecular weight is 462 g/mol. The van der Waals surface area contributed by atoms with Gasteiger partial charge in [-0.25, -0.2) is 4.79 Å². The summed E-state index contributed by atoms with van der Waals surface area (Å²) < 4.78 is 10.8. The van der Waals surface area contributed by atoms with Crippen molar-refractivity contribution in [3.63, 3.8) is 0 Å². The van der Waals surface area contributed by atoms with Crippen LogP contribution in [0.5, 0.6) is 11.5 Å². The zero-order valence-corrected chi connectivity index (χ0v) is 18.5. The molecule has 2 aromatic carbocycles. The molecule has 162 valence electrons. The lowest BCUT2D eigenvalue weighted by Crippen LogP contribution is -2.32. The molecule has 3 rings (SSSR count). The summed E-state index contributed by atoms with van der Waals surface area (Å²) in [4.78, 5) is 37.0. The number of amides is 2. The standard InChI is InChI=1S/C22H20ClNO6S/c1-13-3-4-14(2)18(9-13)29-8-7-24-21(27)19(31-22(24)28)11-15-5-6-17(16(23)10-15)30-12-20(25)26/h3-6,9-11H,7-8,12H2,1-2H3,(H,25,26)/b19-11-. The molecule has 0 aromatic heterocycles. The normalized spacial score (nSPS) is 14.9. The van der Waals surface area contributed by atoms with Gasteiger partial charge in [0, 0.05) is 0 Å². The van der Waals surface area contributed by atoms with Crippen LogP contribution in [-0.2, 0) is 9.59 Å². The molecule has 9 heteroatoms. The first kappa shape index (κ1) is 22.7. The predicted octanol–water partition coefficient (Wildman–Crippen LogP) is 4.54. The summed E-state index contributed by atoms with van der Waals surface area (Å²) in [6.07, 6.45) is 1.56. The highest BCUT2D eigenvalue weighted by Gasteiger charge is 2.34. The summed E-state index contributed by atoms with van der Waals surface area (Å²) in [5, 5.41) is 8.51.